The number of fused-ring (bicyclic) bond motifs is 2. The number of rotatable bonds is 7. The fourth-order valence-corrected chi connectivity index (χ4v) is 5.35. The number of para-hydroxylation sites is 1. The number of anilines is 1. The molecular formula is C24H36N4O3. The summed E-state index contributed by atoms with van der Waals surface area (Å²) < 4.78 is 5.55. The van der Waals surface area contributed by atoms with Crippen molar-refractivity contribution in [2.45, 2.75) is 32.7 Å². The Hall–Kier alpha value is -1.96. The summed E-state index contributed by atoms with van der Waals surface area (Å²) in [6.45, 7) is 13.5. The van der Waals surface area contributed by atoms with E-state index >= 15 is 0 Å². The van der Waals surface area contributed by atoms with Crippen LogP contribution in [-0.2, 0) is 9.53 Å². The number of hydrogen-bond donors (Lipinski definition) is 1. The van der Waals surface area contributed by atoms with Crippen LogP contribution in [0.25, 0.3) is 0 Å². The molecule has 1 unspecified atom stereocenters. The van der Waals surface area contributed by atoms with Crippen molar-refractivity contribution in [3.63, 3.8) is 0 Å². The smallest absolute Gasteiger partial charge is 0.253 e. The van der Waals surface area contributed by atoms with Crippen molar-refractivity contribution in [1.29, 1.82) is 0 Å². The summed E-state index contributed by atoms with van der Waals surface area (Å²) in [7, 11) is 0. The molecule has 3 atom stereocenters. The molecule has 1 aromatic carbocycles. The third-order valence-electron chi connectivity index (χ3n) is 7.24. The van der Waals surface area contributed by atoms with E-state index in [1.807, 2.05) is 36.1 Å². The van der Waals surface area contributed by atoms with Gasteiger partial charge >= 0.3 is 0 Å². The van der Waals surface area contributed by atoms with Crippen molar-refractivity contribution in [3.8, 4) is 0 Å². The zero-order valence-electron chi connectivity index (χ0n) is 19.1. The minimum absolute atomic E-state index is 0.0884. The lowest BCUT2D eigenvalue weighted by Crippen LogP contribution is -2.59. The molecule has 2 fully saturated rings. The summed E-state index contributed by atoms with van der Waals surface area (Å²) in [6, 6.07) is 7.51. The first-order chi connectivity index (χ1) is 14.9. The van der Waals surface area contributed by atoms with E-state index in [0.29, 0.717) is 31.1 Å². The second kappa shape index (κ2) is 9.27. The van der Waals surface area contributed by atoms with E-state index in [2.05, 4.69) is 29.0 Å². The summed E-state index contributed by atoms with van der Waals surface area (Å²) >= 11 is 0. The molecule has 3 aliphatic rings. The van der Waals surface area contributed by atoms with Crippen LogP contribution in [0.15, 0.2) is 24.3 Å². The molecule has 31 heavy (non-hydrogen) atoms. The van der Waals surface area contributed by atoms with Crippen LogP contribution >= 0.6 is 0 Å². The van der Waals surface area contributed by atoms with Gasteiger partial charge in [-0.2, -0.15) is 0 Å². The number of likely N-dealkylation sites (N-methyl/N-ethyl adjacent to an activating group) is 1. The molecule has 0 aromatic heterocycles. The van der Waals surface area contributed by atoms with Crippen LogP contribution in [0.3, 0.4) is 0 Å². The molecular weight excluding hydrogens is 392 g/mol. The summed E-state index contributed by atoms with van der Waals surface area (Å²) in [5.41, 5.74) is 0.730. The molecule has 0 bridgehead atoms. The van der Waals surface area contributed by atoms with Crippen LogP contribution < -0.4 is 10.2 Å². The van der Waals surface area contributed by atoms with Crippen LogP contribution in [0.2, 0.25) is 0 Å². The largest absolute Gasteiger partial charge is 0.381 e. The van der Waals surface area contributed by atoms with Crippen LogP contribution in [0.4, 0.5) is 5.69 Å². The molecule has 2 saturated heterocycles. The lowest BCUT2D eigenvalue weighted by Gasteiger charge is -2.38. The van der Waals surface area contributed by atoms with Gasteiger partial charge in [-0.3, -0.25) is 14.5 Å². The highest BCUT2D eigenvalue weighted by atomic mass is 16.5. The SMILES string of the molecule is CCN(CC)CCN1C(=O)[C@@H]2CN(CC3CCOC3)C[C@]2(C)NC(=O)c2ccccc21. The van der Waals surface area contributed by atoms with Crippen molar-refractivity contribution in [2.24, 2.45) is 11.8 Å². The quantitative estimate of drug-likeness (QED) is 0.718. The number of nitrogens with zero attached hydrogens (tertiary/aromatic N) is 3. The van der Waals surface area contributed by atoms with Crippen molar-refractivity contribution in [1.82, 2.24) is 15.1 Å². The summed E-state index contributed by atoms with van der Waals surface area (Å²) in [6.07, 6.45) is 1.07. The number of carbonyl (C=O) groups excluding carboxylic acids is 2. The standard InChI is InChI=1S/C24H36N4O3/c1-4-26(5-2)11-12-28-21-9-7-6-8-19(21)22(29)25-24(3)17-27(15-20(24)23(28)30)14-18-10-13-31-16-18/h6-9,18,20H,4-5,10-17H2,1-3H3,(H,25,29)/t18?,20-,24-/m0/s1. The average Bonchev–Trinajstić information content (AvgIpc) is 3.38. The highest BCUT2D eigenvalue weighted by Crippen LogP contribution is 2.35. The molecule has 1 aromatic rings. The summed E-state index contributed by atoms with van der Waals surface area (Å²) in [5, 5.41) is 3.24. The third kappa shape index (κ3) is 4.49. The Bertz CT molecular complexity index is 806. The molecule has 7 heteroatoms. The van der Waals surface area contributed by atoms with Gasteiger partial charge in [0.05, 0.1) is 29.3 Å². The molecule has 2 amide bonds. The van der Waals surface area contributed by atoms with Crippen molar-refractivity contribution in [3.05, 3.63) is 29.8 Å². The maximum Gasteiger partial charge on any atom is 0.253 e. The predicted octanol–water partition coefficient (Wildman–Crippen LogP) is 1.83. The van der Waals surface area contributed by atoms with Gasteiger partial charge in [-0.1, -0.05) is 26.0 Å². The Balaban J connectivity index is 1.62. The van der Waals surface area contributed by atoms with Crippen molar-refractivity contribution in [2.75, 3.05) is 63.9 Å². The van der Waals surface area contributed by atoms with Crippen molar-refractivity contribution < 1.29 is 14.3 Å². The van der Waals surface area contributed by atoms with Gasteiger partial charge in [0.25, 0.3) is 5.91 Å². The number of amides is 2. The van der Waals surface area contributed by atoms with Crippen LogP contribution in [0, 0.1) is 11.8 Å². The van der Waals surface area contributed by atoms with Gasteiger partial charge in [-0.05, 0) is 44.5 Å². The second-order valence-electron chi connectivity index (χ2n) is 9.38. The lowest BCUT2D eigenvalue weighted by atomic mass is 9.86. The fraction of sp³-hybridized carbons (Fsp3) is 0.667. The van der Waals surface area contributed by atoms with Crippen LogP contribution in [0.1, 0.15) is 37.6 Å². The normalized spacial score (nSPS) is 29.0. The number of likely N-dealkylation sites (tertiary alicyclic amines) is 1. The highest BCUT2D eigenvalue weighted by Gasteiger charge is 2.51. The van der Waals surface area contributed by atoms with E-state index in [0.717, 1.165) is 51.5 Å². The van der Waals surface area contributed by atoms with Gasteiger partial charge in [0.1, 0.15) is 0 Å². The molecule has 3 aliphatic heterocycles. The number of nitrogens with one attached hydrogen (secondary N) is 1. The highest BCUT2D eigenvalue weighted by molar-refractivity contribution is 6.07. The average molecular weight is 429 g/mol. The van der Waals surface area contributed by atoms with E-state index in [-0.39, 0.29) is 17.7 Å². The number of ether oxygens (including phenoxy) is 1. The number of carbonyl (C=O) groups is 2. The Kier molecular flexibility index (Phi) is 6.65. The molecule has 7 nitrogen and oxygen atoms in total. The van der Waals surface area contributed by atoms with Gasteiger partial charge in [0.2, 0.25) is 5.91 Å². The zero-order valence-corrected chi connectivity index (χ0v) is 19.1. The Morgan fingerprint density at radius 2 is 2.00 bits per heavy atom. The van der Waals surface area contributed by atoms with Gasteiger partial charge in [0, 0.05) is 39.3 Å². The lowest BCUT2D eigenvalue weighted by molar-refractivity contribution is -0.123. The Morgan fingerprint density at radius 1 is 1.23 bits per heavy atom. The van der Waals surface area contributed by atoms with E-state index < -0.39 is 5.54 Å². The number of benzene rings is 1. The molecule has 0 spiro atoms. The minimum Gasteiger partial charge on any atom is -0.381 e. The Labute approximate surface area is 185 Å². The van der Waals surface area contributed by atoms with Gasteiger partial charge < -0.3 is 19.9 Å². The molecule has 0 aliphatic carbocycles. The predicted molar refractivity (Wildman–Crippen MR) is 121 cm³/mol. The van der Waals surface area contributed by atoms with Gasteiger partial charge in [-0.25, -0.2) is 0 Å². The first-order valence-corrected chi connectivity index (χ1v) is 11.7. The van der Waals surface area contributed by atoms with E-state index in [9.17, 15) is 9.59 Å². The molecule has 170 valence electrons. The molecule has 3 heterocycles. The second-order valence-corrected chi connectivity index (χ2v) is 9.38. The first kappa shape index (κ1) is 22.2. The van der Waals surface area contributed by atoms with Crippen LogP contribution in [-0.4, -0.2) is 86.2 Å². The van der Waals surface area contributed by atoms with Gasteiger partial charge in [-0.15, -0.1) is 0 Å². The number of hydrogen-bond acceptors (Lipinski definition) is 5. The fourth-order valence-electron chi connectivity index (χ4n) is 5.35. The van der Waals surface area contributed by atoms with Crippen LogP contribution in [0.5, 0.6) is 0 Å². The van der Waals surface area contributed by atoms with E-state index in [4.69, 9.17) is 4.74 Å². The summed E-state index contributed by atoms with van der Waals surface area (Å²) in [5.74, 6) is 0.278. The first-order valence-electron chi connectivity index (χ1n) is 11.7. The molecule has 4 rings (SSSR count). The topological polar surface area (TPSA) is 65.1 Å². The molecule has 0 radical (unpaired) electrons. The van der Waals surface area contributed by atoms with Crippen molar-refractivity contribution >= 4 is 17.5 Å². The minimum atomic E-state index is -0.575. The zero-order chi connectivity index (χ0) is 22.0. The molecule has 0 saturated carbocycles. The van der Waals surface area contributed by atoms with E-state index in [1.54, 1.807) is 0 Å². The van der Waals surface area contributed by atoms with Gasteiger partial charge in [0.15, 0.2) is 0 Å². The summed E-state index contributed by atoms with van der Waals surface area (Å²) in [4.78, 5) is 33.7. The Morgan fingerprint density at radius 3 is 2.71 bits per heavy atom. The maximum absolute atomic E-state index is 13.9. The third-order valence-corrected chi connectivity index (χ3v) is 7.24. The van der Waals surface area contributed by atoms with E-state index in [1.165, 1.54) is 0 Å². The maximum atomic E-state index is 13.9. The monoisotopic (exact) mass is 428 g/mol. The molecule has 1 N–H and O–H groups in total.